The maximum Gasteiger partial charge on any atom is 0.435 e. The average Bonchev–Trinajstić information content (AvgIpc) is 3.51. The molecular weight excluding hydrogens is 519 g/mol. The zero-order valence-electron chi connectivity index (χ0n) is 19.5. The number of nitrogens with one attached hydrogen (secondary N) is 1. The number of alkyl halides is 3. The topological polar surface area (TPSA) is 167 Å². The number of rotatable bonds is 9. The minimum atomic E-state index is -4.56. The van der Waals surface area contributed by atoms with E-state index in [1.165, 1.54) is 31.8 Å². The zero-order chi connectivity index (χ0) is 27.0. The molecule has 0 spiro atoms. The predicted octanol–water partition coefficient (Wildman–Crippen LogP) is 1.08. The van der Waals surface area contributed by atoms with Crippen molar-refractivity contribution in [1.82, 2.24) is 24.3 Å². The van der Waals surface area contributed by atoms with E-state index in [1.807, 2.05) is 0 Å². The fourth-order valence-electron chi connectivity index (χ4n) is 4.19. The second kappa shape index (κ2) is 10.2. The fourth-order valence-corrected chi connectivity index (χ4v) is 4.56. The highest BCUT2D eigenvalue weighted by molar-refractivity contribution is 7.84. The van der Waals surface area contributed by atoms with Gasteiger partial charge in [-0.05, 0) is 25.0 Å². The number of carbonyl (C=O) groups excluding carboxylic acids is 1. The number of carbonyl (C=O) groups is 1. The molecule has 1 saturated carbocycles. The molecule has 3 heterocycles. The van der Waals surface area contributed by atoms with Crippen LogP contribution in [0.15, 0.2) is 37.1 Å². The Morgan fingerprint density at radius 3 is 2.78 bits per heavy atom. The second-order valence-electron chi connectivity index (χ2n) is 8.75. The molecule has 0 aliphatic heterocycles. The zero-order valence-corrected chi connectivity index (χ0v) is 20.3. The average molecular weight is 544 g/mol. The van der Waals surface area contributed by atoms with Gasteiger partial charge in [-0.2, -0.15) is 26.7 Å². The fraction of sp³-hybridized carbons (Fsp3) is 0.429. The van der Waals surface area contributed by atoms with Gasteiger partial charge < -0.3 is 15.0 Å². The summed E-state index contributed by atoms with van der Waals surface area (Å²) in [5, 5.41) is 21.7. The molecule has 1 aliphatic rings. The number of ketones is 1. The summed E-state index contributed by atoms with van der Waals surface area (Å²) in [6.45, 7) is -0.215. The molecule has 12 nitrogen and oxygen atoms in total. The van der Waals surface area contributed by atoms with Crippen molar-refractivity contribution in [3.8, 4) is 0 Å². The Balaban J connectivity index is 1.45. The van der Waals surface area contributed by atoms with Crippen molar-refractivity contribution in [3.63, 3.8) is 0 Å². The van der Waals surface area contributed by atoms with Crippen molar-refractivity contribution in [2.45, 2.75) is 37.7 Å². The molecule has 0 bridgehead atoms. The van der Waals surface area contributed by atoms with Gasteiger partial charge >= 0.3 is 16.5 Å². The normalized spacial score (nSPS) is 20.3. The molecule has 4 N–H and O–H groups in total. The minimum absolute atomic E-state index is 0.0607. The van der Waals surface area contributed by atoms with Crippen LogP contribution in [-0.2, 0) is 34.3 Å². The SMILES string of the molecule is Cn1nc(C(F)(F)F)cc1Cn1ccc(C(=O)c2cncnc2NC2CC(O)C(COS(N)(=O)=O)C2)c1. The van der Waals surface area contributed by atoms with Gasteiger partial charge in [0.1, 0.15) is 12.1 Å². The molecule has 3 aromatic rings. The molecule has 0 saturated heterocycles. The van der Waals surface area contributed by atoms with Crippen molar-refractivity contribution in [2.24, 2.45) is 18.1 Å². The van der Waals surface area contributed by atoms with Crippen molar-refractivity contribution >= 4 is 21.9 Å². The van der Waals surface area contributed by atoms with Gasteiger partial charge in [0, 0.05) is 43.2 Å². The first-order valence-electron chi connectivity index (χ1n) is 11.0. The molecule has 1 fully saturated rings. The summed E-state index contributed by atoms with van der Waals surface area (Å²) in [6.07, 6.45) is 0.838. The summed E-state index contributed by atoms with van der Waals surface area (Å²) in [7, 11) is -2.73. The molecule has 3 aromatic heterocycles. The smallest absolute Gasteiger partial charge is 0.393 e. The third kappa shape index (κ3) is 6.51. The number of aliphatic hydroxyl groups excluding tert-OH is 1. The lowest BCUT2D eigenvalue weighted by Crippen LogP contribution is -2.24. The highest BCUT2D eigenvalue weighted by Crippen LogP contribution is 2.30. The predicted molar refractivity (Wildman–Crippen MR) is 122 cm³/mol. The number of nitrogens with zero attached hydrogens (tertiary/aromatic N) is 5. The summed E-state index contributed by atoms with van der Waals surface area (Å²) in [6, 6.07) is 2.15. The molecule has 0 amide bonds. The largest absolute Gasteiger partial charge is 0.435 e. The Morgan fingerprint density at radius 2 is 2.11 bits per heavy atom. The van der Waals surface area contributed by atoms with Gasteiger partial charge in [0.2, 0.25) is 0 Å². The Hall–Kier alpha value is -3.34. The summed E-state index contributed by atoms with van der Waals surface area (Å²) in [5.74, 6) is -0.689. The first-order chi connectivity index (χ1) is 17.3. The van der Waals surface area contributed by atoms with E-state index in [0.717, 1.165) is 10.7 Å². The lowest BCUT2D eigenvalue weighted by Gasteiger charge is -2.15. The Bertz CT molecular complexity index is 1390. The number of nitrogens with two attached hydrogens (primary N) is 1. The number of hydrogen-bond acceptors (Lipinski definition) is 9. The van der Waals surface area contributed by atoms with Crippen LogP contribution < -0.4 is 10.5 Å². The van der Waals surface area contributed by atoms with E-state index in [2.05, 4.69) is 24.6 Å². The van der Waals surface area contributed by atoms with Gasteiger partial charge in [0.25, 0.3) is 0 Å². The van der Waals surface area contributed by atoms with Gasteiger partial charge in [-0.3, -0.25) is 13.7 Å². The van der Waals surface area contributed by atoms with E-state index in [1.54, 1.807) is 10.8 Å². The molecular formula is C21H24F3N7O5S. The van der Waals surface area contributed by atoms with Crippen LogP contribution in [0.3, 0.4) is 0 Å². The third-order valence-corrected chi connectivity index (χ3v) is 6.49. The highest BCUT2D eigenvalue weighted by Gasteiger charge is 2.35. The lowest BCUT2D eigenvalue weighted by molar-refractivity contribution is -0.141. The van der Waals surface area contributed by atoms with Crippen molar-refractivity contribution in [1.29, 1.82) is 0 Å². The third-order valence-electron chi connectivity index (χ3n) is 6.03. The maximum absolute atomic E-state index is 13.2. The van der Waals surface area contributed by atoms with Crippen LogP contribution in [-0.4, -0.2) is 62.4 Å². The molecule has 0 aromatic carbocycles. The van der Waals surface area contributed by atoms with Gasteiger partial charge in [0.15, 0.2) is 11.5 Å². The number of hydrogen-bond donors (Lipinski definition) is 3. The molecule has 3 atom stereocenters. The van der Waals surface area contributed by atoms with Crippen molar-refractivity contribution in [3.05, 3.63) is 59.6 Å². The van der Waals surface area contributed by atoms with E-state index in [0.29, 0.717) is 12.1 Å². The number of anilines is 1. The van der Waals surface area contributed by atoms with E-state index >= 15 is 0 Å². The molecule has 0 radical (unpaired) electrons. The number of aryl methyl sites for hydroxylation is 1. The van der Waals surface area contributed by atoms with E-state index in [-0.39, 0.29) is 42.6 Å². The summed E-state index contributed by atoms with van der Waals surface area (Å²) in [4.78, 5) is 21.3. The van der Waals surface area contributed by atoms with Gasteiger partial charge in [0.05, 0.1) is 30.5 Å². The molecule has 3 unspecified atom stereocenters. The number of aliphatic hydroxyl groups is 1. The van der Waals surface area contributed by atoms with Gasteiger partial charge in [-0.25, -0.2) is 15.1 Å². The van der Waals surface area contributed by atoms with Crippen molar-refractivity contribution in [2.75, 3.05) is 11.9 Å². The second-order valence-corrected chi connectivity index (χ2v) is 9.97. The first-order valence-corrected chi connectivity index (χ1v) is 12.5. The Morgan fingerprint density at radius 1 is 1.35 bits per heavy atom. The van der Waals surface area contributed by atoms with Crippen molar-refractivity contribution < 1.29 is 35.7 Å². The summed E-state index contributed by atoms with van der Waals surface area (Å²) < 4.78 is 68.2. The van der Waals surface area contributed by atoms with Gasteiger partial charge in [-0.1, -0.05) is 0 Å². The molecule has 4 rings (SSSR count). The monoisotopic (exact) mass is 543 g/mol. The summed E-state index contributed by atoms with van der Waals surface area (Å²) in [5.41, 5.74) is -0.282. The van der Waals surface area contributed by atoms with Crippen LogP contribution in [0.5, 0.6) is 0 Å². The quantitative estimate of drug-likeness (QED) is 0.335. The van der Waals surface area contributed by atoms with Crippen LogP contribution in [0.4, 0.5) is 19.0 Å². The van der Waals surface area contributed by atoms with E-state index < -0.39 is 40.0 Å². The standard InChI is InChI=1S/C21H24F3N7O5S/c1-30-15(6-18(29-30)21(22,23)24)9-31-3-2-12(8-31)19(33)16-7-26-11-27-20(16)28-14-4-13(17(32)5-14)10-36-37(25,34)35/h2-3,6-8,11,13-14,17,32H,4-5,9-10H2,1H3,(H2,25,34,35)(H,26,27,28). The van der Waals surface area contributed by atoms with Crippen LogP contribution in [0.25, 0.3) is 0 Å². The van der Waals surface area contributed by atoms with Crippen LogP contribution in [0, 0.1) is 5.92 Å². The summed E-state index contributed by atoms with van der Waals surface area (Å²) >= 11 is 0. The van der Waals surface area contributed by atoms with E-state index in [4.69, 9.17) is 5.14 Å². The Labute approximate surface area is 209 Å². The molecule has 16 heteroatoms. The number of halogens is 3. The Kier molecular flexibility index (Phi) is 7.36. The van der Waals surface area contributed by atoms with Gasteiger partial charge in [-0.15, -0.1) is 0 Å². The maximum atomic E-state index is 13.2. The van der Waals surface area contributed by atoms with Crippen LogP contribution in [0.1, 0.15) is 40.2 Å². The highest BCUT2D eigenvalue weighted by atomic mass is 32.2. The minimum Gasteiger partial charge on any atom is -0.393 e. The molecule has 1 aliphatic carbocycles. The van der Waals surface area contributed by atoms with E-state index in [9.17, 15) is 31.5 Å². The first kappa shape index (κ1) is 26.7. The molecule has 200 valence electrons. The lowest BCUT2D eigenvalue weighted by atomic mass is 10.1. The van der Waals surface area contributed by atoms with Crippen LogP contribution >= 0.6 is 0 Å². The number of aromatic nitrogens is 5. The van der Waals surface area contributed by atoms with Crippen LogP contribution in [0.2, 0.25) is 0 Å². The molecule has 37 heavy (non-hydrogen) atoms.